The SMILES string of the molecule is Cc1ncc(N)cc1C(=O)Nc1cn[nH]c1. The molecule has 82 valence electrons. The summed E-state index contributed by atoms with van der Waals surface area (Å²) in [6.45, 7) is 1.75. The summed E-state index contributed by atoms with van der Waals surface area (Å²) in [5.41, 5.74) is 7.74. The number of aryl methyl sites for hydroxylation is 1. The van der Waals surface area contributed by atoms with E-state index in [2.05, 4.69) is 20.5 Å². The number of rotatable bonds is 2. The monoisotopic (exact) mass is 217 g/mol. The van der Waals surface area contributed by atoms with Crippen LogP contribution >= 0.6 is 0 Å². The molecule has 6 nitrogen and oxygen atoms in total. The van der Waals surface area contributed by atoms with Crippen molar-refractivity contribution in [2.24, 2.45) is 0 Å². The second kappa shape index (κ2) is 4.01. The molecule has 0 radical (unpaired) electrons. The van der Waals surface area contributed by atoms with Gasteiger partial charge in [0.15, 0.2) is 0 Å². The molecule has 2 aromatic heterocycles. The van der Waals surface area contributed by atoms with Crippen LogP contribution in [0.3, 0.4) is 0 Å². The van der Waals surface area contributed by atoms with Crippen molar-refractivity contribution in [1.29, 1.82) is 0 Å². The van der Waals surface area contributed by atoms with Crippen molar-refractivity contribution in [3.05, 3.63) is 35.9 Å². The average Bonchev–Trinajstić information content (AvgIpc) is 2.74. The van der Waals surface area contributed by atoms with Crippen molar-refractivity contribution in [1.82, 2.24) is 15.2 Å². The van der Waals surface area contributed by atoms with E-state index < -0.39 is 0 Å². The number of carbonyl (C=O) groups is 1. The number of amides is 1. The van der Waals surface area contributed by atoms with Gasteiger partial charge in [-0.3, -0.25) is 14.9 Å². The van der Waals surface area contributed by atoms with Gasteiger partial charge in [0, 0.05) is 6.20 Å². The first kappa shape index (κ1) is 10.2. The average molecular weight is 217 g/mol. The van der Waals surface area contributed by atoms with Crippen LogP contribution in [0.4, 0.5) is 11.4 Å². The van der Waals surface area contributed by atoms with E-state index in [-0.39, 0.29) is 5.91 Å². The summed E-state index contributed by atoms with van der Waals surface area (Å²) in [5.74, 6) is -0.251. The summed E-state index contributed by atoms with van der Waals surface area (Å²) in [7, 11) is 0. The molecule has 0 unspecified atom stereocenters. The number of aromatic amines is 1. The second-order valence-electron chi connectivity index (χ2n) is 3.34. The van der Waals surface area contributed by atoms with Crippen molar-refractivity contribution in [2.45, 2.75) is 6.92 Å². The molecule has 16 heavy (non-hydrogen) atoms. The highest BCUT2D eigenvalue weighted by atomic mass is 16.1. The summed E-state index contributed by atoms with van der Waals surface area (Å²) in [6.07, 6.45) is 4.63. The van der Waals surface area contributed by atoms with Crippen LogP contribution in [0.1, 0.15) is 16.1 Å². The predicted molar refractivity (Wildman–Crippen MR) is 59.9 cm³/mol. The third-order valence-corrected chi connectivity index (χ3v) is 2.11. The minimum atomic E-state index is -0.251. The van der Waals surface area contributed by atoms with Crippen molar-refractivity contribution in [2.75, 3.05) is 11.1 Å². The van der Waals surface area contributed by atoms with Gasteiger partial charge in [-0.1, -0.05) is 0 Å². The van der Waals surface area contributed by atoms with Gasteiger partial charge in [-0.15, -0.1) is 0 Å². The smallest absolute Gasteiger partial charge is 0.257 e. The topological polar surface area (TPSA) is 96.7 Å². The molecule has 0 atom stereocenters. The first-order chi connectivity index (χ1) is 7.66. The van der Waals surface area contributed by atoms with Crippen LogP contribution in [0.15, 0.2) is 24.7 Å². The number of anilines is 2. The number of H-pyrrole nitrogens is 1. The Morgan fingerprint density at radius 2 is 2.31 bits per heavy atom. The van der Waals surface area contributed by atoms with E-state index >= 15 is 0 Å². The van der Waals surface area contributed by atoms with Gasteiger partial charge in [0.05, 0.1) is 35.0 Å². The Labute approximate surface area is 91.9 Å². The number of nitrogen functional groups attached to an aromatic ring is 1. The van der Waals surface area contributed by atoms with Gasteiger partial charge in [0.1, 0.15) is 0 Å². The van der Waals surface area contributed by atoms with Crippen molar-refractivity contribution >= 4 is 17.3 Å². The van der Waals surface area contributed by atoms with Crippen LogP contribution in [0.25, 0.3) is 0 Å². The minimum Gasteiger partial charge on any atom is -0.397 e. The summed E-state index contributed by atoms with van der Waals surface area (Å²) in [4.78, 5) is 15.9. The normalized spacial score (nSPS) is 10.1. The third kappa shape index (κ3) is 2.00. The maximum atomic E-state index is 11.8. The molecule has 0 saturated carbocycles. The molecule has 2 rings (SSSR count). The molecule has 0 saturated heterocycles. The molecular weight excluding hydrogens is 206 g/mol. The van der Waals surface area contributed by atoms with Crippen LogP contribution in [0, 0.1) is 6.92 Å². The van der Waals surface area contributed by atoms with Crippen LogP contribution in [0.2, 0.25) is 0 Å². The molecule has 2 aromatic rings. The van der Waals surface area contributed by atoms with Gasteiger partial charge < -0.3 is 11.1 Å². The van der Waals surface area contributed by atoms with E-state index in [4.69, 9.17) is 5.73 Å². The maximum Gasteiger partial charge on any atom is 0.257 e. The Morgan fingerprint density at radius 3 is 3.00 bits per heavy atom. The fourth-order valence-electron chi connectivity index (χ4n) is 1.30. The Balaban J connectivity index is 2.24. The minimum absolute atomic E-state index is 0.251. The fourth-order valence-corrected chi connectivity index (χ4v) is 1.30. The standard InChI is InChI=1S/C10H11N5O/c1-6-9(2-7(11)3-12-6)10(16)15-8-4-13-14-5-8/h2-5H,11H2,1H3,(H,13,14)(H,15,16). The predicted octanol–water partition coefficient (Wildman–Crippen LogP) is 0.948. The van der Waals surface area contributed by atoms with Crippen LogP contribution in [0.5, 0.6) is 0 Å². The molecule has 1 amide bonds. The van der Waals surface area contributed by atoms with Gasteiger partial charge in [-0.2, -0.15) is 5.10 Å². The molecule has 0 aliphatic heterocycles. The lowest BCUT2D eigenvalue weighted by molar-refractivity contribution is 0.102. The van der Waals surface area contributed by atoms with E-state index in [0.29, 0.717) is 22.6 Å². The second-order valence-corrected chi connectivity index (χ2v) is 3.34. The number of hydrogen-bond donors (Lipinski definition) is 3. The summed E-state index contributed by atoms with van der Waals surface area (Å²) in [5, 5.41) is 9.01. The van der Waals surface area contributed by atoms with E-state index in [1.165, 1.54) is 12.4 Å². The van der Waals surface area contributed by atoms with Crippen LogP contribution in [-0.4, -0.2) is 21.1 Å². The van der Waals surface area contributed by atoms with Crippen LogP contribution in [-0.2, 0) is 0 Å². The molecular formula is C10H11N5O. The molecule has 0 fully saturated rings. The zero-order valence-corrected chi connectivity index (χ0v) is 8.69. The highest BCUT2D eigenvalue weighted by Gasteiger charge is 2.10. The molecule has 6 heteroatoms. The Bertz CT molecular complexity index is 506. The highest BCUT2D eigenvalue weighted by Crippen LogP contribution is 2.12. The van der Waals surface area contributed by atoms with Crippen molar-refractivity contribution < 1.29 is 4.79 Å². The Kier molecular flexibility index (Phi) is 2.55. The molecule has 0 spiro atoms. The van der Waals surface area contributed by atoms with E-state index in [9.17, 15) is 4.79 Å². The number of pyridine rings is 1. The summed E-state index contributed by atoms with van der Waals surface area (Å²) >= 11 is 0. The zero-order valence-electron chi connectivity index (χ0n) is 8.69. The maximum absolute atomic E-state index is 11.8. The highest BCUT2D eigenvalue weighted by molar-refractivity contribution is 6.05. The van der Waals surface area contributed by atoms with E-state index in [0.717, 1.165) is 0 Å². The Morgan fingerprint density at radius 1 is 1.50 bits per heavy atom. The first-order valence-electron chi connectivity index (χ1n) is 4.69. The molecule has 0 aliphatic rings. The van der Waals surface area contributed by atoms with Gasteiger partial charge in [0.2, 0.25) is 0 Å². The van der Waals surface area contributed by atoms with Gasteiger partial charge in [0.25, 0.3) is 5.91 Å². The van der Waals surface area contributed by atoms with Crippen molar-refractivity contribution in [3.8, 4) is 0 Å². The fraction of sp³-hybridized carbons (Fsp3) is 0.100. The summed E-state index contributed by atoms with van der Waals surface area (Å²) < 4.78 is 0. The lowest BCUT2D eigenvalue weighted by atomic mass is 10.2. The number of hydrogen-bond acceptors (Lipinski definition) is 4. The van der Waals surface area contributed by atoms with Gasteiger partial charge in [-0.05, 0) is 13.0 Å². The summed E-state index contributed by atoms with van der Waals surface area (Å²) in [6, 6.07) is 1.59. The molecule has 2 heterocycles. The lowest BCUT2D eigenvalue weighted by Crippen LogP contribution is -2.14. The van der Waals surface area contributed by atoms with Gasteiger partial charge in [-0.25, -0.2) is 0 Å². The molecule has 0 aliphatic carbocycles. The number of nitrogens with two attached hydrogens (primary N) is 1. The van der Waals surface area contributed by atoms with Crippen LogP contribution < -0.4 is 11.1 Å². The first-order valence-corrected chi connectivity index (χ1v) is 4.69. The van der Waals surface area contributed by atoms with Crippen molar-refractivity contribution in [3.63, 3.8) is 0 Å². The number of carbonyl (C=O) groups excluding carboxylic acids is 1. The number of nitrogens with zero attached hydrogens (tertiary/aromatic N) is 2. The zero-order chi connectivity index (χ0) is 11.5. The van der Waals surface area contributed by atoms with Gasteiger partial charge >= 0.3 is 0 Å². The molecule has 0 bridgehead atoms. The Hall–Kier alpha value is -2.37. The third-order valence-electron chi connectivity index (χ3n) is 2.11. The van der Waals surface area contributed by atoms with E-state index in [1.54, 1.807) is 19.2 Å². The quantitative estimate of drug-likeness (QED) is 0.697. The molecule has 0 aromatic carbocycles. The van der Waals surface area contributed by atoms with E-state index in [1.807, 2.05) is 0 Å². The molecule has 4 N–H and O–H groups in total. The number of aromatic nitrogens is 3. The number of nitrogens with one attached hydrogen (secondary N) is 2. The largest absolute Gasteiger partial charge is 0.397 e. The lowest BCUT2D eigenvalue weighted by Gasteiger charge is -2.05.